The Morgan fingerprint density at radius 2 is 2.10 bits per heavy atom. The van der Waals surface area contributed by atoms with Gasteiger partial charge in [0.25, 0.3) is 0 Å². The lowest BCUT2D eigenvalue weighted by Gasteiger charge is -2.17. The molecule has 21 heavy (non-hydrogen) atoms. The van der Waals surface area contributed by atoms with Gasteiger partial charge in [-0.25, -0.2) is 9.67 Å². The summed E-state index contributed by atoms with van der Waals surface area (Å²) >= 11 is 3.49. The molecule has 6 heteroatoms. The van der Waals surface area contributed by atoms with E-state index in [1.165, 1.54) is 0 Å². The summed E-state index contributed by atoms with van der Waals surface area (Å²) < 4.78 is 8.85. The maximum atomic E-state index is 5.98. The molecule has 1 atom stereocenters. The van der Waals surface area contributed by atoms with Crippen LogP contribution in [0.4, 0.5) is 0 Å². The highest BCUT2D eigenvalue weighted by molar-refractivity contribution is 9.10. The standard InChI is InChI=1S/C15H21BrN4O/c1-10(2)20-15(18-9-19-20)8-21-14-7-12(16)5-6-13(14)11(3)17-4/h5-7,9-11,17H,8H2,1-4H3. The van der Waals surface area contributed by atoms with Gasteiger partial charge in [-0.1, -0.05) is 22.0 Å². The van der Waals surface area contributed by atoms with E-state index in [0.29, 0.717) is 6.61 Å². The Labute approximate surface area is 133 Å². The number of aromatic nitrogens is 3. The van der Waals surface area contributed by atoms with Crippen molar-refractivity contribution in [2.75, 3.05) is 7.05 Å². The van der Waals surface area contributed by atoms with E-state index >= 15 is 0 Å². The third-order valence-corrected chi connectivity index (χ3v) is 3.86. The fourth-order valence-corrected chi connectivity index (χ4v) is 2.44. The molecule has 1 aromatic carbocycles. The van der Waals surface area contributed by atoms with Gasteiger partial charge in [-0.3, -0.25) is 0 Å². The zero-order valence-corrected chi connectivity index (χ0v) is 14.4. The Kier molecular flexibility index (Phi) is 5.36. The number of hydrogen-bond donors (Lipinski definition) is 1. The van der Waals surface area contributed by atoms with Crippen molar-refractivity contribution in [3.63, 3.8) is 0 Å². The Bertz CT molecular complexity index is 597. The van der Waals surface area contributed by atoms with Gasteiger partial charge in [0, 0.05) is 22.1 Å². The Morgan fingerprint density at radius 3 is 2.76 bits per heavy atom. The van der Waals surface area contributed by atoms with Crippen LogP contribution in [0.1, 0.15) is 44.2 Å². The van der Waals surface area contributed by atoms with Gasteiger partial charge in [-0.15, -0.1) is 0 Å². The largest absolute Gasteiger partial charge is 0.485 e. The van der Waals surface area contributed by atoms with Crippen LogP contribution in [-0.2, 0) is 6.61 Å². The summed E-state index contributed by atoms with van der Waals surface area (Å²) in [7, 11) is 1.94. The first kappa shape index (κ1) is 16.0. The molecule has 114 valence electrons. The van der Waals surface area contributed by atoms with Gasteiger partial charge in [0.05, 0.1) is 0 Å². The first-order valence-electron chi connectivity index (χ1n) is 7.00. The predicted molar refractivity (Wildman–Crippen MR) is 86.4 cm³/mol. The minimum Gasteiger partial charge on any atom is -0.485 e. The first-order valence-corrected chi connectivity index (χ1v) is 7.80. The van der Waals surface area contributed by atoms with Crippen molar-refractivity contribution >= 4 is 15.9 Å². The van der Waals surface area contributed by atoms with Crippen molar-refractivity contribution in [1.29, 1.82) is 0 Å². The van der Waals surface area contributed by atoms with Crippen LogP contribution in [0.3, 0.4) is 0 Å². The van der Waals surface area contributed by atoms with E-state index in [2.05, 4.69) is 58.2 Å². The van der Waals surface area contributed by atoms with E-state index in [0.717, 1.165) is 21.6 Å². The Morgan fingerprint density at radius 1 is 1.33 bits per heavy atom. The molecule has 0 saturated heterocycles. The Hall–Kier alpha value is -1.40. The third kappa shape index (κ3) is 3.83. The Balaban J connectivity index is 2.19. The molecule has 5 nitrogen and oxygen atoms in total. The molecule has 0 aliphatic carbocycles. The zero-order valence-electron chi connectivity index (χ0n) is 12.8. The molecule has 0 aliphatic rings. The molecule has 0 radical (unpaired) electrons. The summed E-state index contributed by atoms with van der Waals surface area (Å²) in [5.41, 5.74) is 1.12. The number of nitrogens with zero attached hydrogens (tertiary/aromatic N) is 3. The number of ether oxygens (including phenoxy) is 1. The molecule has 1 unspecified atom stereocenters. The third-order valence-electron chi connectivity index (χ3n) is 3.37. The fraction of sp³-hybridized carbons (Fsp3) is 0.467. The highest BCUT2D eigenvalue weighted by Crippen LogP contribution is 2.29. The summed E-state index contributed by atoms with van der Waals surface area (Å²) in [5.74, 6) is 1.68. The van der Waals surface area contributed by atoms with E-state index < -0.39 is 0 Å². The second-order valence-electron chi connectivity index (χ2n) is 5.20. The molecule has 1 heterocycles. The average Bonchev–Trinajstić information content (AvgIpc) is 2.93. The van der Waals surface area contributed by atoms with Crippen molar-refractivity contribution in [3.05, 3.63) is 40.4 Å². The van der Waals surface area contributed by atoms with Gasteiger partial charge >= 0.3 is 0 Å². The molecule has 2 aromatic rings. The summed E-state index contributed by atoms with van der Waals surface area (Å²) in [6, 6.07) is 6.56. The zero-order chi connectivity index (χ0) is 15.4. The number of nitrogens with one attached hydrogen (secondary N) is 1. The lowest BCUT2D eigenvalue weighted by molar-refractivity contribution is 0.277. The van der Waals surface area contributed by atoms with Gasteiger partial charge in [0.2, 0.25) is 0 Å². The maximum absolute atomic E-state index is 5.98. The minimum atomic E-state index is 0.219. The van der Waals surface area contributed by atoms with E-state index in [1.807, 2.05) is 23.9 Å². The molecule has 1 aromatic heterocycles. The summed E-state index contributed by atoms with van der Waals surface area (Å²) in [6.07, 6.45) is 1.57. The lowest BCUT2D eigenvalue weighted by Crippen LogP contribution is -2.15. The number of halogens is 1. The van der Waals surface area contributed by atoms with Crippen LogP contribution in [0, 0.1) is 0 Å². The van der Waals surface area contributed by atoms with E-state index in [1.54, 1.807) is 6.33 Å². The fourth-order valence-electron chi connectivity index (χ4n) is 2.10. The predicted octanol–water partition coefficient (Wildman–Crippen LogP) is 3.48. The highest BCUT2D eigenvalue weighted by Gasteiger charge is 2.13. The van der Waals surface area contributed by atoms with Crippen LogP contribution in [-0.4, -0.2) is 21.8 Å². The SMILES string of the molecule is CNC(C)c1ccc(Br)cc1OCc1ncnn1C(C)C. The van der Waals surface area contributed by atoms with E-state index in [-0.39, 0.29) is 12.1 Å². The van der Waals surface area contributed by atoms with Crippen molar-refractivity contribution in [1.82, 2.24) is 20.1 Å². The molecular weight excluding hydrogens is 332 g/mol. The molecular formula is C15H21BrN4O. The van der Waals surface area contributed by atoms with Crippen LogP contribution >= 0.6 is 15.9 Å². The summed E-state index contributed by atoms with van der Waals surface area (Å²) in [6.45, 7) is 6.66. The molecule has 0 aliphatic heterocycles. The number of hydrogen-bond acceptors (Lipinski definition) is 4. The van der Waals surface area contributed by atoms with Gasteiger partial charge in [0.1, 0.15) is 18.7 Å². The van der Waals surface area contributed by atoms with E-state index in [9.17, 15) is 0 Å². The lowest BCUT2D eigenvalue weighted by atomic mass is 10.1. The highest BCUT2D eigenvalue weighted by atomic mass is 79.9. The van der Waals surface area contributed by atoms with Gasteiger partial charge in [-0.05, 0) is 40.0 Å². The number of rotatable bonds is 6. The van der Waals surface area contributed by atoms with E-state index in [4.69, 9.17) is 4.74 Å². The van der Waals surface area contributed by atoms with Crippen molar-refractivity contribution in [2.24, 2.45) is 0 Å². The minimum absolute atomic E-state index is 0.219. The van der Waals surface area contributed by atoms with Crippen LogP contribution in [0.15, 0.2) is 29.0 Å². The van der Waals surface area contributed by atoms with Crippen LogP contribution in [0.25, 0.3) is 0 Å². The van der Waals surface area contributed by atoms with Crippen molar-refractivity contribution in [3.8, 4) is 5.75 Å². The molecule has 0 fully saturated rings. The second-order valence-corrected chi connectivity index (χ2v) is 6.11. The van der Waals surface area contributed by atoms with Crippen LogP contribution < -0.4 is 10.1 Å². The normalized spacial score (nSPS) is 12.7. The van der Waals surface area contributed by atoms with Crippen molar-refractivity contribution in [2.45, 2.75) is 39.5 Å². The van der Waals surface area contributed by atoms with Crippen LogP contribution in [0.2, 0.25) is 0 Å². The van der Waals surface area contributed by atoms with Gasteiger partial charge in [-0.2, -0.15) is 5.10 Å². The quantitative estimate of drug-likeness (QED) is 0.864. The molecule has 2 rings (SSSR count). The molecule has 0 saturated carbocycles. The number of benzene rings is 1. The van der Waals surface area contributed by atoms with Gasteiger partial charge < -0.3 is 10.1 Å². The molecule has 0 bridgehead atoms. The monoisotopic (exact) mass is 352 g/mol. The molecule has 0 amide bonds. The summed E-state index contributed by atoms with van der Waals surface area (Å²) in [4.78, 5) is 4.27. The first-order chi connectivity index (χ1) is 10.0. The molecule has 1 N–H and O–H groups in total. The van der Waals surface area contributed by atoms with Gasteiger partial charge in [0.15, 0.2) is 5.82 Å². The average molecular weight is 353 g/mol. The second kappa shape index (κ2) is 7.04. The smallest absolute Gasteiger partial charge is 0.165 e. The summed E-state index contributed by atoms with van der Waals surface area (Å²) in [5, 5.41) is 7.46. The topological polar surface area (TPSA) is 52.0 Å². The van der Waals surface area contributed by atoms with Crippen LogP contribution in [0.5, 0.6) is 5.75 Å². The maximum Gasteiger partial charge on any atom is 0.165 e. The molecule has 0 spiro atoms. The van der Waals surface area contributed by atoms with Crippen molar-refractivity contribution < 1.29 is 4.74 Å².